The molecular weight excluding hydrogens is 286 g/mol. The van der Waals surface area contributed by atoms with Crippen LogP contribution >= 0.6 is 0 Å². The lowest BCUT2D eigenvalue weighted by Crippen LogP contribution is -2.37. The Morgan fingerprint density at radius 3 is 2.57 bits per heavy atom. The molecule has 0 saturated heterocycles. The topological polar surface area (TPSA) is 49.6 Å². The number of benzene rings is 2. The SMILES string of the molecule is CN=C(NCCc1ccccc1)NCc1cc2ccccc2o1. The van der Waals surface area contributed by atoms with Crippen molar-refractivity contribution in [3.05, 3.63) is 72.0 Å². The number of nitrogens with one attached hydrogen (secondary N) is 2. The Morgan fingerprint density at radius 1 is 1.00 bits per heavy atom. The zero-order valence-electron chi connectivity index (χ0n) is 13.3. The van der Waals surface area contributed by atoms with Gasteiger partial charge in [-0.2, -0.15) is 0 Å². The molecule has 2 aromatic carbocycles. The number of fused-ring (bicyclic) bond motifs is 1. The van der Waals surface area contributed by atoms with E-state index in [9.17, 15) is 0 Å². The van der Waals surface area contributed by atoms with Crippen molar-refractivity contribution in [3.63, 3.8) is 0 Å². The van der Waals surface area contributed by atoms with E-state index in [0.717, 1.165) is 35.7 Å². The van der Waals surface area contributed by atoms with Gasteiger partial charge in [0.05, 0.1) is 6.54 Å². The zero-order chi connectivity index (χ0) is 15.9. The highest BCUT2D eigenvalue weighted by Gasteiger charge is 2.04. The van der Waals surface area contributed by atoms with Crippen molar-refractivity contribution in [1.82, 2.24) is 10.6 Å². The fourth-order valence-electron chi connectivity index (χ4n) is 2.49. The van der Waals surface area contributed by atoms with Crippen molar-refractivity contribution in [2.75, 3.05) is 13.6 Å². The Labute approximate surface area is 136 Å². The molecular formula is C19H21N3O. The molecule has 0 saturated carbocycles. The summed E-state index contributed by atoms with van der Waals surface area (Å²) in [7, 11) is 1.77. The molecule has 0 aliphatic heterocycles. The van der Waals surface area contributed by atoms with E-state index in [2.05, 4.69) is 52.0 Å². The van der Waals surface area contributed by atoms with E-state index in [1.165, 1.54) is 5.56 Å². The molecule has 2 N–H and O–H groups in total. The van der Waals surface area contributed by atoms with Gasteiger partial charge >= 0.3 is 0 Å². The van der Waals surface area contributed by atoms with Crippen molar-refractivity contribution in [2.24, 2.45) is 4.99 Å². The molecule has 0 fully saturated rings. The summed E-state index contributed by atoms with van der Waals surface area (Å²) in [6.07, 6.45) is 0.964. The van der Waals surface area contributed by atoms with Crippen LogP contribution in [-0.4, -0.2) is 19.6 Å². The molecule has 0 atom stereocenters. The van der Waals surface area contributed by atoms with Gasteiger partial charge in [-0.15, -0.1) is 0 Å². The van der Waals surface area contributed by atoms with E-state index in [-0.39, 0.29) is 0 Å². The highest BCUT2D eigenvalue weighted by Crippen LogP contribution is 2.18. The zero-order valence-corrected chi connectivity index (χ0v) is 13.3. The quantitative estimate of drug-likeness (QED) is 0.561. The molecule has 1 aromatic heterocycles. The first-order valence-corrected chi connectivity index (χ1v) is 7.81. The van der Waals surface area contributed by atoms with Gasteiger partial charge in [-0.05, 0) is 24.1 Å². The lowest BCUT2D eigenvalue weighted by molar-refractivity contribution is 0.538. The molecule has 4 heteroatoms. The van der Waals surface area contributed by atoms with Crippen molar-refractivity contribution >= 4 is 16.9 Å². The number of guanidine groups is 1. The Kier molecular flexibility index (Phi) is 4.94. The van der Waals surface area contributed by atoms with Crippen LogP contribution in [0.3, 0.4) is 0 Å². The third-order valence-electron chi connectivity index (χ3n) is 3.68. The lowest BCUT2D eigenvalue weighted by Gasteiger charge is -2.10. The molecule has 23 heavy (non-hydrogen) atoms. The smallest absolute Gasteiger partial charge is 0.191 e. The minimum atomic E-state index is 0.611. The molecule has 0 amide bonds. The van der Waals surface area contributed by atoms with Gasteiger partial charge in [0.1, 0.15) is 11.3 Å². The Bertz CT molecular complexity index is 744. The fourth-order valence-corrected chi connectivity index (χ4v) is 2.49. The second-order valence-corrected chi connectivity index (χ2v) is 5.34. The average Bonchev–Trinajstić information content (AvgIpc) is 3.01. The number of para-hydroxylation sites is 1. The summed E-state index contributed by atoms with van der Waals surface area (Å²) < 4.78 is 5.79. The van der Waals surface area contributed by atoms with Crippen molar-refractivity contribution in [2.45, 2.75) is 13.0 Å². The van der Waals surface area contributed by atoms with Gasteiger partial charge in [-0.1, -0.05) is 48.5 Å². The van der Waals surface area contributed by atoms with Crippen LogP contribution in [0.1, 0.15) is 11.3 Å². The Hall–Kier alpha value is -2.75. The summed E-state index contributed by atoms with van der Waals surface area (Å²) in [5.41, 5.74) is 2.23. The molecule has 3 aromatic rings. The maximum Gasteiger partial charge on any atom is 0.191 e. The third-order valence-corrected chi connectivity index (χ3v) is 3.68. The second-order valence-electron chi connectivity index (χ2n) is 5.34. The number of hydrogen-bond acceptors (Lipinski definition) is 2. The van der Waals surface area contributed by atoms with Crippen LogP contribution in [0.2, 0.25) is 0 Å². The minimum Gasteiger partial charge on any atom is -0.459 e. The van der Waals surface area contributed by atoms with Crippen LogP contribution in [-0.2, 0) is 13.0 Å². The summed E-state index contributed by atoms with van der Waals surface area (Å²) in [6.45, 7) is 1.45. The number of hydrogen-bond donors (Lipinski definition) is 2. The molecule has 3 rings (SSSR count). The summed E-state index contributed by atoms with van der Waals surface area (Å²) in [4.78, 5) is 4.24. The van der Waals surface area contributed by atoms with E-state index < -0.39 is 0 Å². The molecule has 0 aliphatic carbocycles. The molecule has 4 nitrogen and oxygen atoms in total. The van der Waals surface area contributed by atoms with Crippen molar-refractivity contribution in [1.29, 1.82) is 0 Å². The van der Waals surface area contributed by atoms with E-state index in [4.69, 9.17) is 4.42 Å². The molecule has 118 valence electrons. The van der Waals surface area contributed by atoms with Gasteiger partial charge in [-0.3, -0.25) is 4.99 Å². The first-order chi connectivity index (χ1) is 11.3. The van der Waals surface area contributed by atoms with E-state index in [0.29, 0.717) is 6.54 Å². The van der Waals surface area contributed by atoms with Gasteiger partial charge in [0.15, 0.2) is 5.96 Å². The fraction of sp³-hybridized carbons (Fsp3) is 0.211. The van der Waals surface area contributed by atoms with E-state index in [1.54, 1.807) is 7.05 Å². The van der Waals surface area contributed by atoms with Crippen LogP contribution in [0.4, 0.5) is 0 Å². The van der Waals surface area contributed by atoms with Crippen LogP contribution < -0.4 is 10.6 Å². The molecule has 0 bridgehead atoms. The Morgan fingerprint density at radius 2 is 1.78 bits per heavy atom. The first kappa shape index (κ1) is 15.2. The van der Waals surface area contributed by atoms with Crippen LogP contribution in [0.25, 0.3) is 11.0 Å². The van der Waals surface area contributed by atoms with E-state index in [1.807, 2.05) is 24.3 Å². The second kappa shape index (κ2) is 7.49. The minimum absolute atomic E-state index is 0.611. The highest BCUT2D eigenvalue weighted by molar-refractivity contribution is 5.80. The monoisotopic (exact) mass is 307 g/mol. The van der Waals surface area contributed by atoms with Crippen LogP contribution in [0, 0.1) is 0 Å². The lowest BCUT2D eigenvalue weighted by atomic mass is 10.1. The van der Waals surface area contributed by atoms with Crippen LogP contribution in [0.5, 0.6) is 0 Å². The standard InChI is InChI=1S/C19H21N3O/c1-20-19(21-12-11-15-7-3-2-4-8-15)22-14-17-13-16-9-5-6-10-18(16)23-17/h2-10,13H,11-12,14H2,1H3,(H2,20,21,22). The average molecular weight is 307 g/mol. The first-order valence-electron chi connectivity index (χ1n) is 7.81. The predicted molar refractivity (Wildman–Crippen MR) is 94.6 cm³/mol. The number of aliphatic imine (C=N–C) groups is 1. The van der Waals surface area contributed by atoms with Crippen LogP contribution in [0.15, 0.2) is 70.1 Å². The summed E-state index contributed by atoms with van der Waals surface area (Å²) >= 11 is 0. The van der Waals surface area contributed by atoms with Gasteiger partial charge in [0, 0.05) is 19.0 Å². The van der Waals surface area contributed by atoms with Crippen molar-refractivity contribution < 1.29 is 4.42 Å². The Balaban J connectivity index is 1.49. The number of furan rings is 1. The normalized spacial score (nSPS) is 11.6. The maximum absolute atomic E-state index is 5.79. The maximum atomic E-state index is 5.79. The summed E-state index contributed by atoms with van der Waals surface area (Å²) in [6, 6.07) is 20.5. The molecule has 0 radical (unpaired) electrons. The van der Waals surface area contributed by atoms with Gasteiger partial charge in [-0.25, -0.2) is 0 Å². The summed E-state index contributed by atoms with van der Waals surface area (Å²) in [5.74, 6) is 1.68. The third kappa shape index (κ3) is 4.13. The summed E-state index contributed by atoms with van der Waals surface area (Å²) in [5, 5.41) is 7.72. The molecule has 0 aliphatic rings. The molecule has 1 heterocycles. The van der Waals surface area contributed by atoms with Crippen molar-refractivity contribution in [3.8, 4) is 0 Å². The predicted octanol–water partition coefficient (Wildman–Crippen LogP) is 3.34. The van der Waals surface area contributed by atoms with Gasteiger partial charge < -0.3 is 15.1 Å². The number of rotatable bonds is 5. The van der Waals surface area contributed by atoms with Gasteiger partial charge in [0.2, 0.25) is 0 Å². The molecule has 0 spiro atoms. The number of nitrogens with zero attached hydrogens (tertiary/aromatic N) is 1. The van der Waals surface area contributed by atoms with Gasteiger partial charge in [0.25, 0.3) is 0 Å². The van der Waals surface area contributed by atoms with E-state index >= 15 is 0 Å². The largest absolute Gasteiger partial charge is 0.459 e. The molecule has 0 unspecified atom stereocenters. The highest BCUT2D eigenvalue weighted by atomic mass is 16.3.